The second-order valence-corrected chi connectivity index (χ2v) is 11.2. The van der Waals surface area contributed by atoms with Crippen LogP contribution in [0.3, 0.4) is 0 Å². The lowest BCUT2D eigenvalue weighted by molar-refractivity contribution is -0.140. The van der Waals surface area contributed by atoms with Crippen molar-refractivity contribution in [3.8, 4) is 17.2 Å². The van der Waals surface area contributed by atoms with Crippen LogP contribution in [0.2, 0.25) is 0 Å². The van der Waals surface area contributed by atoms with E-state index >= 15 is 0 Å². The first-order chi connectivity index (χ1) is 18.5. The van der Waals surface area contributed by atoms with Crippen LogP contribution in [0.25, 0.3) is 0 Å². The van der Waals surface area contributed by atoms with E-state index in [0.29, 0.717) is 12.1 Å². The molecule has 0 aliphatic carbocycles. The molecule has 0 saturated heterocycles. The first-order valence-corrected chi connectivity index (χ1v) is 13.9. The van der Waals surface area contributed by atoms with Gasteiger partial charge in [0.05, 0.1) is 42.7 Å². The number of benzene rings is 4. The highest BCUT2D eigenvalue weighted by molar-refractivity contribution is 7.97. The summed E-state index contributed by atoms with van der Waals surface area (Å²) in [6.07, 6.45) is -4.84. The largest absolute Gasteiger partial charge is 0.744 e. The zero-order chi connectivity index (χ0) is 28.6. The Morgan fingerprint density at radius 1 is 0.615 bits per heavy atom. The molecule has 4 aromatic rings. The Balaban J connectivity index is 0.000000255. The Bertz CT molecular complexity index is 1340. The van der Waals surface area contributed by atoms with Gasteiger partial charge in [0.1, 0.15) is 27.4 Å². The molecular formula is C28H25F3O6S2. The van der Waals surface area contributed by atoms with Crippen molar-refractivity contribution in [3.05, 3.63) is 103 Å². The molecule has 0 saturated carbocycles. The minimum Gasteiger partial charge on any atom is -0.744 e. The summed E-state index contributed by atoms with van der Waals surface area (Å²) in [5.41, 5.74) is -1.44. The van der Waals surface area contributed by atoms with E-state index in [1.807, 2.05) is 36.4 Å². The Hall–Kier alpha value is -3.67. The van der Waals surface area contributed by atoms with Gasteiger partial charge in [-0.3, -0.25) is 0 Å². The minimum absolute atomic E-state index is 0.212. The van der Waals surface area contributed by atoms with Gasteiger partial charge in [-0.1, -0.05) is 12.1 Å². The number of rotatable bonds is 7. The van der Waals surface area contributed by atoms with Crippen molar-refractivity contribution in [2.24, 2.45) is 0 Å². The number of alkyl halides is 3. The van der Waals surface area contributed by atoms with Crippen LogP contribution in [0, 0.1) is 0 Å². The lowest BCUT2D eigenvalue weighted by Gasteiger charge is -2.14. The van der Waals surface area contributed by atoms with E-state index in [1.54, 1.807) is 21.3 Å². The zero-order valence-electron chi connectivity index (χ0n) is 21.1. The molecule has 0 bridgehead atoms. The molecule has 0 aliphatic heterocycles. The van der Waals surface area contributed by atoms with Crippen LogP contribution < -0.4 is 14.2 Å². The highest BCUT2D eigenvalue weighted by Crippen LogP contribution is 2.35. The van der Waals surface area contributed by atoms with Crippen molar-refractivity contribution in [2.45, 2.75) is 25.8 Å². The van der Waals surface area contributed by atoms with Crippen LogP contribution in [-0.4, -0.2) is 34.3 Å². The van der Waals surface area contributed by atoms with Crippen LogP contribution in [0.4, 0.5) is 13.2 Å². The lowest BCUT2D eigenvalue weighted by atomic mass is 10.2. The average Bonchev–Trinajstić information content (AvgIpc) is 2.94. The summed E-state index contributed by atoms with van der Waals surface area (Å²) in [7, 11) is -0.252. The average molecular weight is 579 g/mol. The van der Waals surface area contributed by atoms with E-state index in [4.69, 9.17) is 14.2 Å². The molecule has 39 heavy (non-hydrogen) atoms. The molecule has 4 aromatic carbocycles. The molecule has 0 heterocycles. The minimum atomic E-state index is -5.09. The predicted octanol–water partition coefficient (Wildman–Crippen LogP) is 6.42. The standard InChI is InChI=1S/C21H21O3S.C7H5F3O3S/c1-22-16-4-10-19(11-5-16)25(20-12-6-17(23-2)7-13-20)21-14-8-18(24-3)9-15-21;8-7(9,10)5-3-1-2-4-6(5)14(11,12)13/h4-15H,1-3H3;1-4H,(H,11,12,13)/q+1;/p-1. The van der Waals surface area contributed by atoms with E-state index in [9.17, 15) is 26.1 Å². The second-order valence-electron chi connectivity index (χ2n) is 7.78. The Morgan fingerprint density at radius 3 is 1.21 bits per heavy atom. The summed E-state index contributed by atoms with van der Waals surface area (Å²) >= 11 is 0. The molecule has 0 N–H and O–H groups in total. The first kappa shape index (κ1) is 29.9. The lowest BCUT2D eigenvalue weighted by Crippen LogP contribution is -2.12. The Kier molecular flexibility index (Phi) is 9.90. The molecule has 0 aliphatic rings. The first-order valence-electron chi connectivity index (χ1n) is 11.3. The number of hydrogen-bond donors (Lipinski definition) is 0. The van der Waals surface area contributed by atoms with Gasteiger partial charge in [0.15, 0.2) is 14.7 Å². The zero-order valence-corrected chi connectivity index (χ0v) is 22.8. The Labute approximate surface area is 228 Å². The van der Waals surface area contributed by atoms with Gasteiger partial charge in [-0.2, -0.15) is 13.2 Å². The topological polar surface area (TPSA) is 84.9 Å². The molecule has 4 rings (SSSR count). The molecule has 206 valence electrons. The molecular weight excluding hydrogens is 553 g/mol. The Morgan fingerprint density at radius 2 is 0.949 bits per heavy atom. The van der Waals surface area contributed by atoms with Crippen molar-refractivity contribution < 1.29 is 40.4 Å². The SMILES string of the molecule is COc1ccc([S+](c2ccc(OC)cc2)c2ccc(OC)cc2)cc1.O=S(=O)([O-])c1ccccc1C(F)(F)F. The summed E-state index contributed by atoms with van der Waals surface area (Å²) < 4.78 is 83.7. The van der Waals surface area contributed by atoms with Crippen molar-refractivity contribution in [3.63, 3.8) is 0 Å². The maximum absolute atomic E-state index is 12.2. The van der Waals surface area contributed by atoms with Crippen molar-refractivity contribution >= 4 is 21.0 Å². The third-order valence-corrected chi connectivity index (χ3v) is 8.47. The molecule has 0 aromatic heterocycles. The second kappa shape index (κ2) is 12.9. The van der Waals surface area contributed by atoms with E-state index in [2.05, 4.69) is 36.4 Å². The van der Waals surface area contributed by atoms with Gasteiger partial charge >= 0.3 is 6.18 Å². The fourth-order valence-electron chi connectivity index (χ4n) is 3.46. The fourth-order valence-corrected chi connectivity index (χ4v) is 6.20. The smallest absolute Gasteiger partial charge is 0.417 e. The summed E-state index contributed by atoms with van der Waals surface area (Å²) in [6.45, 7) is 0. The summed E-state index contributed by atoms with van der Waals surface area (Å²) in [6, 6.07) is 28.0. The van der Waals surface area contributed by atoms with Gasteiger partial charge in [0.25, 0.3) is 0 Å². The molecule has 0 unspecified atom stereocenters. The summed E-state index contributed by atoms with van der Waals surface area (Å²) in [4.78, 5) is 2.45. The van der Waals surface area contributed by atoms with Crippen molar-refractivity contribution in [1.82, 2.24) is 0 Å². The van der Waals surface area contributed by atoms with E-state index < -0.39 is 26.8 Å². The van der Waals surface area contributed by atoms with Crippen LogP contribution in [0.15, 0.2) is 117 Å². The number of hydrogen-bond acceptors (Lipinski definition) is 6. The molecule has 11 heteroatoms. The summed E-state index contributed by atoms with van der Waals surface area (Å²) in [5, 5.41) is 0. The van der Waals surface area contributed by atoms with Gasteiger partial charge in [-0.15, -0.1) is 0 Å². The van der Waals surface area contributed by atoms with E-state index in [-0.39, 0.29) is 10.9 Å². The third kappa shape index (κ3) is 7.92. The molecule has 0 amide bonds. The van der Waals surface area contributed by atoms with Gasteiger partial charge in [-0.25, -0.2) is 8.42 Å². The van der Waals surface area contributed by atoms with Gasteiger partial charge in [-0.05, 0) is 84.9 Å². The van der Waals surface area contributed by atoms with Gasteiger partial charge in [0, 0.05) is 0 Å². The van der Waals surface area contributed by atoms with Crippen LogP contribution in [0.1, 0.15) is 5.56 Å². The molecule has 6 nitrogen and oxygen atoms in total. The van der Waals surface area contributed by atoms with Crippen molar-refractivity contribution in [1.29, 1.82) is 0 Å². The highest BCUT2D eigenvalue weighted by atomic mass is 32.2. The van der Waals surface area contributed by atoms with E-state index in [1.165, 1.54) is 14.7 Å². The van der Waals surface area contributed by atoms with E-state index in [0.717, 1.165) is 29.4 Å². The van der Waals surface area contributed by atoms with Gasteiger partial charge in [0.2, 0.25) is 0 Å². The fraction of sp³-hybridized carbons (Fsp3) is 0.143. The maximum Gasteiger partial charge on any atom is 0.417 e. The third-order valence-electron chi connectivity index (χ3n) is 5.35. The van der Waals surface area contributed by atoms with Crippen molar-refractivity contribution in [2.75, 3.05) is 21.3 Å². The highest BCUT2D eigenvalue weighted by Gasteiger charge is 2.34. The number of methoxy groups -OCH3 is 3. The molecule has 0 atom stereocenters. The number of halogens is 3. The maximum atomic E-state index is 12.2. The predicted molar refractivity (Wildman–Crippen MR) is 141 cm³/mol. The van der Waals surface area contributed by atoms with Crippen LogP contribution >= 0.6 is 0 Å². The number of ether oxygens (including phenoxy) is 3. The van der Waals surface area contributed by atoms with Gasteiger partial charge < -0.3 is 18.8 Å². The monoisotopic (exact) mass is 578 g/mol. The molecule has 0 radical (unpaired) electrons. The normalized spacial score (nSPS) is 11.4. The quantitative estimate of drug-likeness (QED) is 0.186. The van der Waals surface area contributed by atoms with Crippen LogP contribution in [-0.2, 0) is 27.2 Å². The van der Waals surface area contributed by atoms with Crippen LogP contribution in [0.5, 0.6) is 17.2 Å². The summed E-state index contributed by atoms with van der Waals surface area (Å²) in [5.74, 6) is 2.57. The molecule has 0 fully saturated rings. The molecule has 0 spiro atoms.